The van der Waals surface area contributed by atoms with Crippen LogP contribution in [0, 0.1) is 5.82 Å². The lowest BCUT2D eigenvalue weighted by Gasteiger charge is -2.12. The van der Waals surface area contributed by atoms with Crippen LogP contribution in [0.2, 0.25) is 0 Å². The van der Waals surface area contributed by atoms with Crippen molar-refractivity contribution in [1.82, 2.24) is 16.0 Å². The van der Waals surface area contributed by atoms with Gasteiger partial charge in [-0.1, -0.05) is 24.3 Å². The fourth-order valence-corrected chi connectivity index (χ4v) is 2.39. The van der Waals surface area contributed by atoms with Crippen LogP contribution in [0.1, 0.15) is 22.3 Å². The van der Waals surface area contributed by atoms with Crippen molar-refractivity contribution in [3.8, 4) is 0 Å². The van der Waals surface area contributed by atoms with Gasteiger partial charge in [-0.2, -0.15) is 0 Å². The van der Waals surface area contributed by atoms with Gasteiger partial charge in [0.15, 0.2) is 0 Å². The zero-order chi connectivity index (χ0) is 21.9. The molecule has 5 amide bonds. The third kappa shape index (κ3) is 7.58. The van der Waals surface area contributed by atoms with Crippen LogP contribution in [0.5, 0.6) is 0 Å². The lowest BCUT2D eigenvalue weighted by molar-refractivity contribution is -0.118. The maximum atomic E-state index is 12.9. The molecule has 0 aromatic heterocycles. The first kappa shape index (κ1) is 22.3. The predicted octanol–water partition coefficient (Wildman–Crippen LogP) is 0.869. The molecule has 0 fully saturated rings. The van der Waals surface area contributed by atoms with Crippen molar-refractivity contribution in [3.63, 3.8) is 0 Å². The summed E-state index contributed by atoms with van der Waals surface area (Å²) in [5.74, 6) is -1.93. The SMILES string of the molecule is NC(=O)CCNC(=O)c1ccccc1NC(=O)CNC(=O)NCc1ccc(F)cc1. The molecule has 30 heavy (non-hydrogen) atoms. The number of hydrogen-bond donors (Lipinski definition) is 5. The number of halogens is 1. The molecule has 9 nitrogen and oxygen atoms in total. The molecule has 6 N–H and O–H groups in total. The minimum atomic E-state index is -0.577. The number of primary amides is 1. The van der Waals surface area contributed by atoms with E-state index in [1.807, 2.05) is 0 Å². The largest absolute Gasteiger partial charge is 0.370 e. The van der Waals surface area contributed by atoms with Gasteiger partial charge in [0.1, 0.15) is 5.82 Å². The molecule has 2 rings (SSSR count). The van der Waals surface area contributed by atoms with Crippen LogP contribution in [-0.2, 0) is 16.1 Å². The fourth-order valence-electron chi connectivity index (χ4n) is 2.39. The van der Waals surface area contributed by atoms with Gasteiger partial charge in [0, 0.05) is 19.5 Å². The van der Waals surface area contributed by atoms with Crippen LogP contribution >= 0.6 is 0 Å². The Hall–Kier alpha value is -3.95. The van der Waals surface area contributed by atoms with Gasteiger partial charge in [0.05, 0.1) is 17.8 Å². The zero-order valence-electron chi connectivity index (χ0n) is 16.0. The molecule has 10 heteroatoms. The second-order valence-electron chi connectivity index (χ2n) is 6.23. The Labute approximate surface area is 172 Å². The average Bonchev–Trinajstić information content (AvgIpc) is 2.72. The molecule has 0 unspecified atom stereocenters. The molecule has 0 bridgehead atoms. The van der Waals surface area contributed by atoms with Crippen molar-refractivity contribution in [1.29, 1.82) is 0 Å². The Kier molecular flexibility index (Phi) is 8.30. The van der Waals surface area contributed by atoms with Crippen molar-refractivity contribution >= 4 is 29.4 Å². The monoisotopic (exact) mass is 415 g/mol. The number of rotatable bonds is 9. The highest BCUT2D eigenvalue weighted by atomic mass is 19.1. The van der Waals surface area contributed by atoms with Crippen LogP contribution in [0.15, 0.2) is 48.5 Å². The summed E-state index contributed by atoms with van der Waals surface area (Å²) in [4.78, 5) is 46.9. The number of nitrogens with two attached hydrogens (primary N) is 1. The van der Waals surface area contributed by atoms with E-state index in [2.05, 4.69) is 21.3 Å². The van der Waals surface area contributed by atoms with Gasteiger partial charge in [-0.05, 0) is 29.8 Å². The van der Waals surface area contributed by atoms with Gasteiger partial charge in [0.25, 0.3) is 5.91 Å². The van der Waals surface area contributed by atoms with Crippen molar-refractivity contribution in [2.75, 3.05) is 18.4 Å². The number of para-hydroxylation sites is 1. The van der Waals surface area contributed by atoms with E-state index in [9.17, 15) is 23.6 Å². The summed E-state index contributed by atoms with van der Waals surface area (Å²) in [5.41, 5.74) is 6.19. The smallest absolute Gasteiger partial charge is 0.315 e. The van der Waals surface area contributed by atoms with Crippen LogP contribution in [0.4, 0.5) is 14.9 Å². The molecule has 0 radical (unpaired) electrons. The van der Waals surface area contributed by atoms with E-state index in [1.165, 1.54) is 36.4 Å². The maximum absolute atomic E-state index is 12.9. The summed E-state index contributed by atoms with van der Waals surface area (Å²) < 4.78 is 12.9. The van der Waals surface area contributed by atoms with Gasteiger partial charge in [-0.15, -0.1) is 0 Å². The summed E-state index contributed by atoms with van der Waals surface area (Å²) in [6.45, 7) is -0.0822. The van der Waals surface area contributed by atoms with Crippen molar-refractivity contribution in [2.24, 2.45) is 5.73 Å². The summed E-state index contributed by atoms with van der Waals surface area (Å²) >= 11 is 0. The zero-order valence-corrected chi connectivity index (χ0v) is 16.0. The molecule has 0 atom stereocenters. The normalized spacial score (nSPS) is 10.0. The Bertz CT molecular complexity index is 918. The van der Waals surface area contributed by atoms with Crippen molar-refractivity contribution < 1.29 is 23.6 Å². The minimum absolute atomic E-state index is 0.00276. The molecule has 158 valence electrons. The van der Waals surface area contributed by atoms with Crippen molar-refractivity contribution in [2.45, 2.75) is 13.0 Å². The van der Waals surface area contributed by atoms with E-state index in [1.54, 1.807) is 12.1 Å². The van der Waals surface area contributed by atoms with Crippen LogP contribution in [-0.4, -0.2) is 36.8 Å². The lowest BCUT2D eigenvalue weighted by Crippen LogP contribution is -2.39. The van der Waals surface area contributed by atoms with E-state index in [-0.39, 0.29) is 43.1 Å². The first-order valence-corrected chi connectivity index (χ1v) is 9.06. The molecule has 2 aromatic rings. The van der Waals surface area contributed by atoms with Gasteiger partial charge < -0.3 is 27.0 Å². The molecule has 0 saturated carbocycles. The Morgan fingerprint density at radius 1 is 0.900 bits per heavy atom. The molecule has 0 aliphatic carbocycles. The number of carbonyl (C=O) groups is 4. The molecule has 0 heterocycles. The van der Waals surface area contributed by atoms with Crippen LogP contribution < -0.4 is 27.0 Å². The molecule has 0 spiro atoms. The number of carbonyl (C=O) groups excluding carboxylic acids is 4. The summed E-state index contributed by atoms with van der Waals surface area (Å²) in [6.07, 6.45) is -0.00276. The highest BCUT2D eigenvalue weighted by molar-refractivity contribution is 6.04. The summed E-state index contributed by atoms with van der Waals surface area (Å²) in [5, 5.41) is 10.0. The third-order valence-electron chi connectivity index (χ3n) is 3.88. The summed E-state index contributed by atoms with van der Waals surface area (Å²) in [6, 6.07) is 11.4. The highest BCUT2D eigenvalue weighted by Gasteiger charge is 2.13. The van der Waals surface area contributed by atoms with E-state index in [0.717, 1.165) is 0 Å². The first-order valence-electron chi connectivity index (χ1n) is 9.06. The van der Waals surface area contributed by atoms with Crippen LogP contribution in [0.25, 0.3) is 0 Å². The first-order chi connectivity index (χ1) is 14.3. The third-order valence-corrected chi connectivity index (χ3v) is 3.88. The van der Waals surface area contributed by atoms with Gasteiger partial charge >= 0.3 is 6.03 Å². The fraction of sp³-hybridized carbons (Fsp3) is 0.200. The number of benzene rings is 2. The number of urea groups is 1. The molecule has 2 aromatic carbocycles. The Balaban J connectivity index is 1.81. The molecule has 0 aliphatic rings. The maximum Gasteiger partial charge on any atom is 0.315 e. The Morgan fingerprint density at radius 2 is 1.60 bits per heavy atom. The standard InChI is InChI=1S/C20H22FN5O4/c21-14-7-5-13(6-8-14)11-24-20(30)25-12-18(28)26-16-4-2-1-3-15(16)19(29)23-10-9-17(22)27/h1-8H,9-12H2,(H2,22,27)(H,23,29)(H,26,28)(H2,24,25,30). The van der Waals surface area contributed by atoms with E-state index in [0.29, 0.717) is 5.56 Å². The Morgan fingerprint density at radius 3 is 2.30 bits per heavy atom. The molecule has 0 aliphatic heterocycles. The van der Waals surface area contributed by atoms with Crippen molar-refractivity contribution in [3.05, 3.63) is 65.5 Å². The number of anilines is 1. The number of nitrogens with one attached hydrogen (secondary N) is 4. The van der Waals surface area contributed by atoms with E-state index in [4.69, 9.17) is 5.73 Å². The predicted molar refractivity (Wildman–Crippen MR) is 108 cm³/mol. The van der Waals surface area contributed by atoms with E-state index >= 15 is 0 Å². The van der Waals surface area contributed by atoms with Gasteiger partial charge in [0.2, 0.25) is 11.8 Å². The highest BCUT2D eigenvalue weighted by Crippen LogP contribution is 2.14. The second-order valence-corrected chi connectivity index (χ2v) is 6.23. The van der Waals surface area contributed by atoms with Gasteiger partial charge in [-0.25, -0.2) is 9.18 Å². The minimum Gasteiger partial charge on any atom is -0.370 e. The average molecular weight is 415 g/mol. The van der Waals surface area contributed by atoms with Gasteiger partial charge in [-0.3, -0.25) is 14.4 Å². The van der Waals surface area contributed by atoms with Crippen LogP contribution in [0.3, 0.4) is 0 Å². The topological polar surface area (TPSA) is 142 Å². The second kappa shape index (κ2) is 11.1. The summed E-state index contributed by atoms with van der Waals surface area (Å²) in [7, 11) is 0. The molecule has 0 saturated heterocycles. The van der Waals surface area contributed by atoms with E-state index < -0.39 is 23.8 Å². The lowest BCUT2D eigenvalue weighted by atomic mass is 10.1. The number of amides is 5. The number of hydrogen-bond acceptors (Lipinski definition) is 4. The molecular formula is C20H22FN5O4. The molecular weight excluding hydrogens is 393 g/mol. The quantitative estimate of drug-likeness (QED) is 0.414.